The van der Waals surface area contributed by atoms with Gasteiger partial charge in [-0.3, -0.25) is 9.59 Å². The van der Waals surface area contributed by atoms with Gasteiger partial charge in [-0.05, 0) is 19.1 Å². The van der Waals surface area contributed by atoms with Gasteiger partial charge in [-0.1, -0.05) is 18.2 Å². The highest BCUT2D eigenvalue weighted by molar-refractivity contribution is 5.93. The smallest absolute Gasteiger partial charge is 0.310 e. The van der Waals surface area contributed by atoms with Gasteiger partial charge in [-0.15, -0.1) is 0 Å². The van der Waals surface area contributed by atoms with Crippen LogP contribution in [0.2, 0.25) is 0 Å². The first-order chi connectivity index (χ1) is 7.06. The molecular formula is C11H11NO3. The Kier molecular flexibility index (Phi) is 6.23. The molecule has 0 radical (unpaired) electrons. The minimum Gasteiger partial charge on any atom is -0.481 e. The van der Waals surface area contributed by atoms with Gasteiger partial charge in [0, 0.05) is 0 Å². The van der Waals surface area contributed by atoms with E-state index < -0.39 is 5.97 Å². The normalized spacial score (nSPS) is 8.00. The molecule has 4 heteroatoms. The maximum atomic E-state index is 9.87. The maximum Gasteiger partial charge on any atom is 0.310 e. The lowest BCUT2D eigenvalue weighted by molar-refractivity contribution is -0.139. The minimum absolute atomic E-state index is 0.312. The first-order valence-electron chi connectivity index (χ1n) is 4.22. The Morgan fingerprint density at radius 3 is 2.07 bits per heavy atom. The molecule has 0 aromatic heterocycles. The predicted octanol–water partition coefficient (Wildman–Crippen LogP) is 1.61. The number of carboxylic acids is 1. The number of benzene rings is 1. The quantitative estimate of drug-likeness (QED) is 0.744. The van der Waals surface area contributed by atoms with E-state index in [-0.39, 0.29) is 12.2 Å². The fraction of sp³-hybridized carbons (Fsp3) is 0.182. The molecule has 0 spiro atoms. The minimum atomic E-state index is -1.06. The molecule has 78 valence electrons. The molecule has 0 atom stereocenters. The highest BCUT2D eigenvalue weighted by atomic mass is 16.4. The SMILES string of the molecule is CC(=O)CC(=O)O.N#Cc1ccccc1. The van der Waals surface area contributed by atoms with E-state index >= 15 is 0 Å². The molecule has 0 aliphatic rings. The topological polar surface area (TPSA) is 78.2 Å². The van der Waals surface area contributed by atoms with Crippen LogP contribution in [0.3, 0.4) is 0 Å². The van der Waals surface area contributed by atoms with Crippen LogP contribution >= 0.6 is 0 Å². The molecule has 0 fully saturated rings. The fourth-order valence-corrected chi connectivity index (χ4v) is 0.726. The van der Waals surface area contributed by atoms with Gasteiger partial charge in [0.05, 0.1) is 11.6 Å². The summed E-state index contributed by atoms with van der Waals surface area (Å²) in [5.41, 5.74) is 0.715. The maximum absolute atomic E-state index is 9.87. The molecule has 0 heterocycles. The van der Waals surface area contributed by atoms with Crippen molar-refractivity contribution < 1.29 is 14.7 Å². The number of rotatable bonds is 2. The van der Waals surface area contributed by atoms with Crippen molar-refractivity contribution in [1.82, 2.24) is 0 Å². The number of aliphatic carboxylic acids is 1. The Hall–Kier alpha value is -2.15. The third-order valence-electron chi connectivity index (χ3n) is 1.30. The van der Waals surface area contributed by atoms with Crippen LogP contribution in [-0.2, 0) is 9.59 Å². The van der Waals surface area contributed by atoms with Crippen LogP contribution in [0.5, 0.6) is 0 Å². The van der Waals surface area contributed by atoms with Gasteiger partial charge in [0.15, 0.2) is 0 Å². The van der Waals surface area contributed by atoms with Crippen molar-refractivity contribution in [3.05, 3.63) is 35.9 Å². The van der Waals surface area contributed by atoms with Crippen molar-refractivity contribution in [3.8, 4) is 6.07 Å². The second-order valence-electron chi connectivity index (χ2n) is 2.75. The molecule has 15 heavy (non-hydrogen) atoms. The fourth-order valence-electron chi connectivity index (χ4n) is 0.726. The third kappa shape index (κ3) is 8.19. The van der Waals surface area contributed by atoms with Gasteiger partial charge in [0.2, 0.25) is 0 Å². The summed E-state index contributed by atoms with van der Waals surface area (Å²) < 4.78 is 0. The van der Waals surface area contributed by atoms with Gasteiger partial charge in [-0.25, -0.2) is 0 Å². The Balaban J connectivity index is 0.000000265. The number of nitriles is 1. The van der Waals surface area contributed by atoms with Gasteiger partial charge in [0.25, 0.3) is 0 Å². The highest BCUT2D eigenvalue weighted by Gasteiger charge is 1.98. The summed E-state index contributed by atoms with van der Waals surface area (Å²) in [4.78, 5) is 19.5. The van der Waals surface area contributed by atoms with E-state index in [1.165, 1.54) is 6.92 Å². The van der Waals surface area contributed by atoms with Crippen molar-refractivity contribution in [2.45, 2.75) is 13.3 Å². The standard InChI is InChI=1S/C7H5N.C4H6O3/c8-6-7-4-2-1-3-5-7;1-3(5)2-4(6)7/h1-5H;2H2,1H3,(H,6,7). The molecule has 0 bridgehead atoms. The number of hydrogen-bond acceptors (Lipinski definition) is 3. The summed E-state index contributed by atoms with van der Waals surface area (Å²) in [6.45, 7) is 1.24. The van der Waals surface area contributed by atoms with Crippen molar-refractivity contribution in [3.63, 3.8) is 0 Å². The molecule has 0 unspecified atom stereocenters. The van der Waals surface area contributed by atoms with E-state index in [2.05, 4.69) is 0 Å². The molecule has 4 nitrogen and oxygen atoms in total. The molecule has 0 amide bonds. The molecule has 0 aliphatic heterocycles. The van der Waals surface area contributed by atoms with E-state index in [1.807, 2.05) is 24.3 Å². The van der Waals surface area contributed by atoms with E-state index in [4.69, 9.17) is 10.4 Å². The van der Waals surface area contributed by atoms with E-state index in [0.29, 0.717) is 5.56 Å². The van der Waals surface area contributed by atoms with Gasteiger partial charge in [-0.2, -0.15) is 5.26 Å². The summed E-state index contributed by atoms with van der Waals surface area (Å²) in [7, 11) is 0. The van der Waals surface area contributed by atoms with Gasteiger partial charge < -0.3 is 5.11 Å². The Labute approximate surface area is 87.8 Å². The lowest BCUT2D eigenvalue weighted by atomic mass is 10.2. The molecule has 1 aromatic carbocycles. The largest absolute Gasteiger partial charge is 0.481 e. The van der Waals surface area contributed by atoms with Gasteiger partial charge >= 0.3 is 5.97 Å². The first-order valence-corrected chi connectivity index (χ1v) is 4.22. The number of Topliss-reactive ketones (excluding diaryl/α,β-unsaturated/α-hetero) is 1. The number of ketones is 1. The number of nitrogens with zero attached hydrogens (tertiary/aromatic N) is 1. The summed E-state index contributed by atoms with van der Waals surface area (Å²) in [6, 6.07) is 11.2. The van der Waals surface area contributed by atoms with Crippen LogP contribution in [0.25, 0.3) is 0 Å². The zero-order valence-corrected chi connectivity index (χ0v) is 8.30. The lowest BCUT2D eigenvalue weighted by Crippen LogP contribution is -2.00. The third-order valence-corrected chi connectivity index (χ3v) is 1.30. The second kappa shape index (κ2) is 7.27. The van der Waals surface area contributed by atoms with E-state index in [0.717, 1.165) is 0 Å². The second-order valence-corrected chi connectivity index (χ2v) is 2.75. The molecule has 0 saturated carbocycles. The average Bonchev–Trinajstić information content (AvgIpc) is 2.18. The zero-order valence-electron chi connectivity index (χ0n) is 8.30. The molecule has 1 aromatic rings. The van der Waals surface area contributed by atoms with Crippen molar-refractivity contribution in [1.29, 1.82) is 5.26 Å². The zero-order chi connectivity index (χ0) is 11.7. The summed E-state index contributed by atoms with van der Waals surface area (Å²) in [6.07, 6.45) is -0.361. The number of carbonyl (C=O) groups excluding carboxylic acids is 1. The lowest BCUT2D eigenvalue weighted by Gasteiger charge is -1.80. The molecular weight excluding hydrogens is 194 g/mol. The van der Waals surface area contributed by atoms with Crippen molar-refractivity contribution in [2.75, 3.05) is 0 Å². The monoisotopic (exact) mass is 205 g/mol. The van der Waals surface area contributed by atoms with E-state index in [1.54, 1.807) is 12.1 Å². The molecule has 1 rings (SSSR count). The highest BCUT2D eigenvalue weighted by Crippen LogP contribution is 1.93. The van der Waals surface area contributed by atoms with Crippen LogP contribution in [0.1, 0.15) is 18.9 Å². The average molecular weight is 205 g/mol. The molecule has 1 N–H and O–H groups in total. The van der Waals surface area contributed by atoms with Crippen molar-refractivity contribution in [2.24, 2.45) is 0 Å². The summed E-state index contributed by atoms with van der Waals surface area (Å²) in [5.74, 6) is -1.37. The van der Waals surface area contributed by atoms with Crippen LogP contribution < -0.4 is 0 Å². The van der Waals surface area contributed by atoms with Crippen LogP contribution in [0, 0.1) is 11.3 Å². The predicted molar refractivity (Wildman–Crippen MR) is 54.1 cm³/mol. The van der Waals surface area contributed by atoms with Crippen molar-refractivity contribution >= 4 is 11.8 Å². The number of carbonyl (C=O) groups is 2. The first kappa shape index (κ1) is 12.8. The number of carboxylic acid groups (broad SMARTS) is 1. The van der Waals surface area contributed by atoms with Crippen LogP contribution in [0.4, 0.5) is 0 Å². The molecule has 0 aliphatic carbocycles. The summed E-state index contributed by atoms with van der Waals surface area (Å²) >= 11 is 0. The van der Waals surface area contributed by atoms with Crippen LogP contribution in [0.15, 0.2) is 30.3 Å². The molecule has 0 saturated heterocycles. The van der Waals surface area contributed by atoms with E-state index in [9.17, 15) is 9.59 Å². The van der Waals surface area contributed by atoms with Gasteiger partial charge in [0.1, 0.15) is 12.2 Å². The number of hydrogen-bond donors (Lipinski definition) is 1. The Bertz CT molecular complexity index is 353. The van der Waals surface area contributed by atoms with Crippen LogP contribution in [-0.4, -0.2) is 16.9 Å². The Morgan fingerprint density at radius 1 is 1.33 bits per heavy atom. The summed E-state index contributed by atoms with van der Waals surface area (Å²) in [5, 5.41) is 16.2. The Morgan fingerprint density at radius 2 is 1.87 bits per heavy atom.